The topological polar surface area (TPSA) is 26.0 Å². The number of halogens is 2. The van der Waals surface area contributed by atoms with Crippen LogP contribution in [0, 0.1) is 0 Å². The van der Waals surface area contributed by atoms with Crippen LogP contribution in [0.1, 0.15) is 18.9 Å². The molecule has 0 atom stereocenters. The number of rotatable bonds is 3. The van der Waals surface area contributed by atoms with Crippen LogP contribution in [-0.4, -0.2) is 6.54 Å². The fourth-order valence-corrected chi connectivity index (χ4v) is 1.58. The first-order chi connectivity index (χ1) is 6.67. The second kappa shape index (κ2) is 5.54. The van der Waals surface area contributed by atoms with Crippen molar-refractivity contribution in [3.05, 3.63) is 38.8 Å². The van der Waals surface area contributed by atoms with Crippen LogP contribution in [0.15, 0.2) is 28.2 Å². The van der Waals surface area contributed by atoms with Gasteiger partial charge in [-0.05, 0) is 40.0 Å². The first-order valence-electron chi connectivity index (χ1n) is 4.52. The van der Waals surface area contributed by atoms with Crippen molar-refractivity contribution in [3.63, 3.8) is 0 Å². The largest absolute Gasteiger partial charge is 0.327 e. The fraction of sp³-hybridized carbons (Fsp3) is 0.273. The van der Waals surface area contributed by atoms with Gasteiger partial charge in [-0.3, -0.25) is 0 Å². The summed E-state index contributed by atoms with van der Waals surface area (Å²) in [5.74, 6) is 0. The minimum Gasteiger partial charge on any atom is -0.327 e. The summed E-state index contributed by atoms with van der Waals surface area (Å²) in [6, 6.07) is 5.89. The molecule has 0 aliphatic heterocycles. The Kier molecular flexibility index (Phi) is 4.66. The van der Waals surface area contributed by atoms with E-state index in [1.807, 2.05) is 18.2 Å². The van der Waals surface area contributed by atoms with E-state index in [9.17, 15) is 0 Å². The van der Waals surface area contributed by atoms with Gasteiger partial charge in [0, 0.05) is 11.0 Å². The van der Waals surface area contributed by atoms with Crippen molar-refractivity contribution in [2.24, 2.45) is 5.73 Å². The Morgan fingerprint density at radius 2 is 2.29 bits per heavy atom. The van der Waals surface area contributed by atoms with E-state index in [1.54, 1.807) is 0 Å². The van der Waals surface area contributed by atoms with Crippen LogP contribution in [0.3, 0.4) is 0 Å². The number of nitrogens with two attached hydrogens (primary N) is 1. The minimum absolute atomic E-state index is 0.601. The molecule has 14 heavy (non-hydrogen) atoms. The number of hydrogen-bond donors (Lipinski definition) is 1. The summed E-state index contributed by atoms with van der Waals surface area (Å²) in [6.45, 7) is 2.70. The van der Waals surface area contributed by atoms with Crippen LogP contribution in [0.5, 0.6) is 0 Å². The second-order valence-electron chi connectivity index (χ2n) is 3.03. The molecule has 0 amide bonds. The van der Waals surface area contributed by atoms with Gasteiger partial charge in [0.1, 0.15) is 0 Å². The van der Waals surface area contributed by atoms with Gasteiger partial charge in [-0.15, -0.1) is 0 Å². The maximum atomic E-state index is 5.98. The zero-order valence-electron chi connectivity index (χ0n) is 8.06. The summed E-state index contributed by atoms with van der Waals surface area (Å²) < 4.78 is 0.919. The van der Waals surface area contributed by atoms with Gasteiger partial charge in [-0.25, -0.2) is 0 Å². The lowest BCUT2D eigenvalue weighted by Gasteiger charge is -2.02. The van der Waals surface area contributed by atoms with Gasteiger partial charge < -0.3 is 5.73 Å². The Morgan fingerprint density at radius 3 is 2.79 bits per heavy atom. The average molecular weight is 275 g/mol. The lowest BCUT2D eigenvalue weighted by atomic mass is 10.1. The molecule has 1 nitrogen and oxygen atoms in total. The van der Waals surface area contributed by atoms with Crippen molar-refractivity contribution >= 4 is 33.6 Å². The van der Waals surface area contributed by atoms with Crippen LogP contribution in [0.4, 0.5) is 0 Å². The molecular formula is C11H13BrClN. The maximum Gasteiger partial charge on any atom is 0.0554 e. The summed E-state index contributed by atoms with van der Waals surface area (Å²) >= 11 is 9.33. The molecule has 0 fully saturated rings. The highest BCUT2D eigenvalue weighted by Gasteiger charge is 1.98. The SMILES string of the molecule is CC/C(=C/c1ccc(Br)c(Cl)c1)CN. The molecule has 1 aromatic rings. The first kappa shape index (κ1) is 11.8. The van der Waals surface area contributed by atoms with E-state index in [1.165, 1.54) is 5.57 Å². The predicted molar refractivity (Wildman–Crippen MR) is 66.5 cm³/mol. The van der Waals surface area contributed by atoms with Crippen LogP contribution < -0.4 is 5.73 Å². The molecule has 0 aromatic heterocycles. The number of hydrogen-bond acceptors (Lipinski definition) is 1. The summed E-state index contributed by atoms with van der Waals surface area (Å²) in [5.41, 5.74) is 7.91. The molecule has 1 aromatic carbocycles. The Morgan fingerprint density at radius 1 is 1.57 bits per heavy atom. The van der Waals surface area contributed by atoms with Crippen molar-refractivity contribution in [1.82, 2.24) is 0 Å². The molecule has 2 N–H and O–H groups in total. The van der Waals surface area contributed by atoms with Gasteiger partial charge >= 0.3 is 0 Å². The Labute approximate surface area is 98.1 Å². The summed E-state index contributed by atoms with van der Waals surface area (Å²) in [4.78, 5) is 0. The standard InChI is InChI=1S/C11H13BrClN/c1-2-8(7-14)5-9-3-4-10(12)11(13)6-9/h3-6H,2,7,14H2,1H3/b8-5-. The molecule has 0 saturated heterocycles. The third-order valence-corrected chi connectivity index (χ3v) is 3.26. The molecule has 76 valence electrons. The van der Waals surface area contributed by atoms with E-state index in [4.69, 9.17) is 17.3 Å². The minimum atomic E-state index is 0.601. The van der Waals surface area contributed by atoms with Crippen LogP contribution in [-0.2, 0) is 0 Å². The second-order valence-corrected chi connectivity index (χ2v) is 4.30. The molecule has 1 rings (SSSR count). The quantitative estimate of drug-likeness (QED) is 0.890. The van der Waals surface area contributed by atoms with Crippen molar-refractivity contribution in [1.29, 1.82) is 0 Å². The predicted octanol–water partition coefficient (Wildman–Crippen LogP) is 3.85. The van der Waals surface area contributed by atoms with Gasteiger partial charge in [0.25, 0.3) is 0 Å². The van der Waals surface area contributed by atoms with E-state index < -0.39 is 0 Å². The zero-order chi connectivity index (χ0) is 10.6. The smallest absolute Gasteiger partial charge is 0.0554 e. The molecule has 3 heteroatoms. The van der Waals surface area contributed by atoms with Gasteiger partial charge in [0.15, 0.2) is 0 Å². The lowest BCUT2D eigenvalue weighted by molar-refractivity contribution is 1.02. The molecule has 0 bridgehead atoms. The summed E-state index contributed by atoms with van der Waals surface area (Å²) in [6.07, 6.45) is 3.06. The zero-order valence-corrected chi connectivity index (χ0v) is 10.4. The van der Waals surface area contributed by atoms with Crippen molar-refractivity contribution < 1.29 is 0 Å². The van der Waals surface area contributed by atoms with E-state index >= 15 is 0 Å². The van der Waals surface area contributed by atoms with E-state index in [2.05, 4.69) is 28.9 Å². The summed E-state index contributed by atoms with van der Waals surface area (Å²) in [7, 11) is 0. The highest BCUT2D eigenvalue weighted by molar-refractivity contribution is 9.10. The molecular weight excluding hydrogens is 261 g/mol. The van der Waals surface area contributed by atoms with Gasteiger partial charge in [-0.2, -0.15) is 0 Å². The molecule has 0 radical (unpaired) electrons. The molecule has 0 aliphatic carbocycles. The van der Waals surface area contributed by atoms with E-state index in [-0.39, 0.29) is 0 Å². The maximum absolute atomic E-state index is 5.98. The molecule has 0 saturated carbocycles. The van der Waals surface area contributed by atoms with Gasteiger partial charge in [0.05, 0.1) is 5.02 Å². The average Bonchev–Trinajstić information content (AvgIpc) is 2.19. The molecule has 0 unspecified atom stereocenters. The molecule has 0 heterocycles. The van der Waals surface area contributed by atoms with E-state index in [0.717, 1.165) is 21.5 Å². The third-order valence-electron chi connectivity index (χ3n) is 2.03. The molecule has 0 aliphatic rings. The summed E-state index contributed by atoms with van der Waals surface area (Å²) in [5, 5.41) is 0.728. The van der Waals surface area contributed by atoms with E-state index in [0.29, 0.717) is 6.54 Å². The van der Waals surface area contributed by atoms with Gasteiger partial charge in [-0.1, -0.05) is 36.2 Å². The fourth-order valence-electron chi connectivity index (χ4n) is 1.14. The Bertz CT molecular complexity index is 341. The molecule has 0 spiro atoms. The van der Waals surface area contributed by atoms with Crippen molar-refractivity contribution in [2.45, 2.75) is 13.3 Å². The van der Waals surface area contributed by atoms with Crippen molar-refractivity contribution in [3.8, 4) is 0 Å². The Hall–Kier alpha value is -0.310. The monoisotopic (exact) mass is 273 g/mol. The first-order valence-corrected chi connectivity index (χ1v) is 5.69. The third kappa shape index (κ3) is 3.12. The highest BCUT2D eigenvalue weighted by Crippen LogP contribution is 2.24. The van der Waals surface area contributed by atoms with Crippen LogP contribution >= 0.6 is 27.5 Å². The van der Waals surface area contributed by atoms with Crippen LogP contribution in [0.25, 0.3) is 6.08 Å². The number of benzene rings is 1. The van der Waals surface area contributed by atoms with Crippen LogP contribution in [0.2, 0.25) is 5.02 Å². The van der Waals surface area contributed by atoms with Gasteiger partial charge in [0.2, 0.25) is 0 Å². The lowest BCUT2D eigenvalue weighted by Crippen LogP contribution is -2.01. The van der Waals surface area contributed by atoms with Crippen molar-refractivity contribution in [2.75, 3.05) is 6.54 Å². The highest BCUT2D eigenvalue weighted by atomic mass is 79.9. The Balaban J connectivity index is 2.97. The normalized spacial score (nSPS) is 11.9.